The van der Waals surface area contributed by atoms with E-state index in [0.717, 1.165) is 6.26 Å². The highest BCUT2D eigenvalue weighted by Crippen LogP contribution is 2.23. The number of rotatable bonds is 4. The summed E-state index contributed by atoms with van der Waals surface area (Å²) >= 11 is 0. The van der Waals surface area contributed by atoms with Crippen LogP contribution in [0.2, 0.25) is 0 Å². The molecule has 3 N–H and O–H groups in total. The minimum absolute atomic E-state index is 0.310. The third-order valence-corrected chi connectivity index (χ3v) is 2.89. The van der Waals surface area contributed by atoms with E-state index in [1.165, 1.54) is 7.05 Å². The summed E-state index contributed by atoms with van der Waals surface area (Å²) in [6.07, 6.45) is 1.08. The third-order valence-electron chi connectivity index (χ3n) is 2.30. The smallest absolute Gasteiger partial charge is 0.315 e. The normalized spacial score (nSPS) is 12.6. The first-order valence-corrected chi connectivity index (χ1v) is 7.27. The molecule has 6 nitrogen and oxygen atoms in total. The Morgan fingerprint density at radius 3 is 2.44 bits per heavy atom. The molecule has 0 aliphatic carbocycles. The zero-order valence-electron chi connectivity index (χ0n) is 10.5. The van der Waals surface area contributed by atoms with Crippen molar-refractivity contribution in [2.75, 3.05) is 18.0 Å². The topological polar surface area (TPSA) is 87.3 Å². The molecule has 0 spiro atoms. The molecule has 0 bridgehead atoms. The van der Waals surface area contributed by atoms with E-state index in [1.54, 1.807) is 31.2 Å². The fraction of sp³-hybridized carbons (Fsp3) is 0.364. The second-order valence-corrected chi connectivity index (χ2v) is 5.66. The fourth-order valence-corrected chi connectivity index (χ4v) is 2.10. The summed E-state index contributed by atoms with van der Waals surface area (Å²) in [4.78, 5) is 11.2. The van der Waals surface area contributed by atoms with Crippen LogP contribution < -0.4 is 15.4 Å². The van der Waals surface area contributed by atoms with E-state index < -0.39 is 10.0 Å². The van der Waals surface area contributed by atoms with Gasteiger partial charge in [-0.15, -0.1) is 0 Å². The Hall–Kier alpha value is -1.76. The van der Waals surface area contributed by atoms with Crippen molar-refractivity contribution in [3.8, 4) is 0 Å². The predicted molar refractivity (Wildman–Crippen MR) is 70.9 cm³/mol. The van der Waals surface area contributed by atoms with Crippen LogP contribution in [0.15, 0.2) is 24.3 Å². The van der Waals surface area contributed by atoms with E-state index in [-0.39, 0.29) is 12.1 Å². The monoisotopic (exact) mass is 271 g/mol. The maximum absolute atomic E-state index is 11.2. The van der Waals surface area contributed by atoms with Crippen molar-refractivity contribution in [3.05, 3.63) is 29.8 Å². The van der Waals surface area contributed by atoms with Gasteiger partial charge >= 0.3 is 6.03 Å². The van der Waals surface area contributed by atoms with E-state index in [0.29, 0.717) is 11.3 Å². The van der Waals surface area contributed by atoms with E-state index in [4.69, 9.17) is 0 Å². The van der Waals surface area contributed by atoms with Crippen LogP contribution in [0.3, 0.4) is 0 Å². The number of hydrogen-bond acceptors (Lipinski definition) is 3. The molecule has 0 heterocycles. The quantitative estimate of drug-likeness (QED) is 0.765. The van der Waals surface area contributed by atoms with Crippen molar-refractivity contribution in [1.29, 1.82) is 0 Å². The summed E-state index contributed by atoms with van der Waals surface area (Å²) in [6, 6.07) is 6.29. The van der Waals surface area contributed by atoms with Crippen molar-refractivity contribution >= 4 is 21.7 Å². The van der Waals surface area contributed by atoms with E-state index in [9.17, 15) is 13.2 Å². The Labute approximate surface area is 107 Å². The van der Waals surface area contributed by atoms with Crippen molar-refractivity contribution in [2.45, 2.75) is 13.0 Å². The van der Waals surface area contributed by atoms with Crippen LogP contribution in [0.25, 0.3) is 0 Å². The molecule has 2 amide bonds. The lowest BCUT2D eigenvalue weighted by Crippen LogP contribution is -2.34. The molecule has 18 heavy (non-hydrogen) atoms. The molecule has 100 valence electrons. The Morgan fingerprint density at radius 2 is 1.89 bits per heavy atom. The number of para-hydroxylation sites is 1. The van der Waals surface area contributed by atoms with E-state index in [2.05, 4.69) is 15.4 Å². The number of anilines is 1. The fourth-order valence-electron chi connectivity index (χ4n) is 1.51. The summed E-state index contributed by atoms with van der Waals surface area (Å²) in [5.41, 5.74) is 1.16. The number of carbonyl (C=O) groups excluding carboxylic acids is 1. The van der Waals surface area contributed by atoms with Gasteiger partial charge in [-0.2, -0.15) is 0 Å². The first-order valence-electron chi connectivity index (χ1n) is 5.38. The van der Waals surface area contributed by atoms with Gasteiger partial charge in [-0.05, 0) is 18.6 Å². The van der Waals surface area contributed by atoms with Gasteiger partial charge in [-0.25, -0.2) is 13.2 Å². The molecule has 7 heteroatoms. The zero-order chi connectivity index (χ0) is 13.8. The van der Waals surface area contributed by atoms with Crippen LogP contribution in [0.1, 0.15) is 18.5 Å². The maximum Gasteiger partial charge on any atom is 0.315 e. The second-order valence-electron chi connectivity index (χ2n) is 3.91. The highest BCUT2D eigenvalue weighted by molar-refractivity contribution is 7.92. The van der Waals surface area contributed by atoms with Crippen molar-refractivity contribution in [1.82, 2.24) is 10.6 Å². The molecule has 1 rings (SSSR count). The van der Waals surface area contributed by atoms with Gasteiger partial charge in [0, 0.05) is 7.05 Å². The van der Waals surface area contributed by atoms with Gasteiger partial charge in [0.25, 0.3) is 0 Å². The Kier molecular flexibility index (Phi) is 4.55. The van der Waals surface area contributed by atoms with Gasteiger partial charge in [0.2, 0.25) is 10.0 Å². The van der Waals surface area contributed by atoms with Crippen LogP contribution in [-0.4, -0.2) is 27.8 Å². The molecule has 1 aromatic rings. The molecule has 0 aliphatic rings. The molecule has 0 aliphatic heterocycles. The molecule has 1 unspecified atom stereocenters. The number of hydrogen-bond donors (Lipinski definition) is 3. The van der Waals surface area contributed by atoms with E-state index >= 15 is 0 Å². The average molecular weight is 271 g/mol. The van der Waals surface area contributed by atoms with Crippen LogP contribution in [0.4, 0.5) is 10.5 Å². The lowest BCUT2D eigenvalue weighted by molar-refractivity contribution is 0.240. The van der Waals surface area contributed by atoms with Gasteiger partial charge < -0.3 is 10.6 Å². The van der Waals surface area contributed by atoms with Crippen LogP contribution in [0, 0.1) is 0 Å². The summed E-state index contributed by atoms with van der Waals surface area (Å²) < 4.78 is 24.9. The highest BCUT2D eigenvalue weighted by Gasteiger charge is 2.14. The Morgan fingerprint density at radius 1 is 1.28 bits per heavy atom. The van der Waals surface area contributed by atoms with Gasteiger partial charge in [-0.1, -0.05) is 18.2 Å². The molecule has 0 fully saturated rings. The van der Waals surface area contributed by atoms with Gasteiger partial charge in [0.05, 0.1) is 18.0 Å². The zero-order valence-corrected chi connectivity index (χ0v) is 11.3. The largest absolute Gasteiger partial charge is 0.341 e. The van der Waals surface area contributed by atoms with Crippen LogP contribution >= 0.6 is 0 Å². The van der Waals surface area contributed by atoms with Crippen molar-refractivity contribution in [3.63, 3.8) is 0 Å². The summed E-state index contributed by atoms with van der Waals surface area (Å²) in [5, 5.41) is 5.13. The molecule has 0 radical (unpaired) electrons. The summed E-state index contributed by atoms with van der Waals surface area (Å²) in [6.45, 7) is 1.78. The SMILES string of the molecule is CNC(=O)NC(C)c1ccccc1NS(C)(=O)=O. The van der Waals surface area contributed by atoms with E-state index in [1.807, 2.05) is 0 Å². The highest BCUT2D eigenvalue weighted by atomic mass is 32.2. The third kappa shape index (κ3) is 4.25. The lowest BCUT2D eigenvalue weighted by Gasteiger charge is -2.18. The Bertz CT molecular complexity index is 528. The number of carbonyl (C=O) groups is 1. The van der Waals surface area contributed by atoms with Gasteiger partial charge in [0.15, 0.2) is 0 Å². The van der Waals surface area contributed by atoms with Crippen molar-refractivity contribution < 1.29 is 13.2 Å². The van der Waals surface area contributed by atoms with Gasteiger partial charge in [0.1, 0.15) is 0 Å². The van der Waals surface area contributed by atoms with Gasteiger partial charge in [-0.3, -0.25) is 4.72 Å². The predicted octanol–water partition coefficient (Wildman–Crippen LogP) is 1.05. The molecule has 0 saturated carbocycles. The van der Waals surface area contributed by atoms with Crippen molar-refractivity contribution in [2.24, 2.45) is 0 Å². The molecule has 1 aromatic carbocycles. The lowest BCUT2D eigenvalue weighted by atomic mass is 10.1. The summed E-state index contributed by atoms with van der Waals surface area (Å²) in [5.74, 6) is 0. The number of nitrogens with one attached hydrogen (secondary N) is 3. The minimum Gasteiger partial charge on any atom is -0.341 e. The standard InChI is InChI=1S/C11H17N3O3S/c1-8(13-11(15)12-2)9-6-4-5-7-10(9)14-18(3,16)17/h4-8,14H,1-3H3,(H2,12,13,15). The van der Waals surface area contributed by atoms with Crippen LogP contribution in [0.5, 0.6) is 0 Å². The number of benzene rings is 1. The maximum atomic E-state index is 11.2. The van der Waals surface area contributed by atoms with Crippen LogP contribution in [-0.2, 0) is 10.0 Å². The molecule has 0 saturated heterocycles. The first kappa shape index (κ1) is 14.3. The molecule has 0 aromatic heterocycles. The second kappa shape index (κ2) is 5.72. The molecular weight excluding hydrogens is 254 g/mol. The average Bonchev–Trinajstić information content (AvgIpc) is 2.27. The number of urea groups is 1. The first-order chi connectivity index (χ1) is 8.33. The summed E-state index contributed by atoms with van der Waals surface area (Å²) in [7, 11) is -1.83. The Balaban J connectivity index is 2.98. The number of amides is 2. The number of sulfonamides is 1. The minimum atomic E-state index is -3.35. The molecule has 1 atom stereocenters. The molecular formula is C11H17N3O3S.